The molecule has 0 aliphatic heterocycles. The van der Waals surface area contributed by atoms with Crippen molar-refractivity contribution in [3.05, 3.63) is 0 Å². The predicted molar refractivity (Wildman–Crippen MR) is 194 cm³/mol. The Kier molecular flexibility index (Phi) is 41.1. The van der Waals surface area contributed by atoms with Gasteiger partial charge in [0.1, 0.15) is 13.1 Å². The fourth-order valence-electron chi connectivity index (χ4n) is 6.59. The second-order valence-corrected chi connectivity index (χ2v) is 15.7. The van der Waals surface area contributed by atoms with E-state index in [9.17, 15) is 0 Å². The van der Waals surface area contributed by atoms with Gasteiger partial charge in [0.15, 0.2) is 0 Å². The highest BCUT2D eigenvalue weighted by atomic mass is 79.9. The molecule has 0 heterocycles. The van der Waals surface area contributed by atoms with Crippen LogP contribution in [-0.4, -0.2) is 63.3 Å². The van der Waals surface area contributed by atoms with Crippen LogP contribution in [0.3, 0.4) is 0 Å². The summed E-state index contributed by atoms with van der Waals surface area (Å²) in [5.74, 6) is 0. The molecule has 0 unspecified atom stereocenters. The minimum Gasteiger partial charge on any atom is -1.00 e. The van der Waals surface area contributed by atoms with Gasteiger partial charge in [-0.25, -0.2) is 0 Å². The SMILES string of the molecule is CCCCCCCCCCCCCCCCCC[N+](C)(C)CC[N+](C)(C)CCCCCCCCCCCCCCCC.[Br-].[Br-]. The molecule has 0 amide bonds. The lowest BCUT2D eigenvalue weighted by Gasteiger charge is -2.36. The lowest BCUT2D eigenvalue weighted by atomic mass is 10.0. The van der Waals surface area contributed by atoms with Crippen LogP contribution in [0.1, 0.15) is 206 Å². The summed E-state index contributed by atoms with van der Waals surface area (Å²) >= 11 is 0. The van der Waals surface area contributed by atoms with Gasteiger partial charge < -0.3 is 42.9 Å². The first-order chi connectivity index (χ1) is 20.3. The van der Waals surface area contributed by atoms with Crippen LogP contribution in [0.4, 0.5) is 0 Å². The molecular formula is C40H86Br2N2. The number of nitrogens with zero attached hydrogens (tertiary/aromatic N) is 2. The highest BCUT2D eigenvalue weighted by Gasteiger charge is 2.22. The van der Waals surface area contributed by atoms with Crippen LogP contribution >= 0.6 is 0 Å². The minimum absolute atomic E-state index is 0. The Balaban J connectivity index is -0.00000840. The van der Waals surface area contributed by atoms with Crippen molar-refractivity contribution in [1.82, 2.24) is 0 Å². The van der Waals surface area contributed by atoms with Crippen LogP contribution in [-0.2, 0) is 0 Å². The van der Waals surface area contributed by atoms with E-state index in [1.165, 1.54) is 228 Å². The van der Waals surface area contributed by atoms with E-state index in [-0.39, 0.29) is 34.0 Å². The number of halogens is 2. The van der Waals surface area contributed by atoms with Crippen molar-refractivity contribution in [2.45, 2.75) is 206 Å². The molecule has 0 bridgehead atoms. The maximum Gasteiger partial charge on any atom is 0.128 e. The molecule has 0 aromatic rings. The molecule has 0 saturated heterocycles. The number of unbranched alkanes of at least 4 members (excludes halogenated alkanes) is 28. The van der Waals surface area contributed by atoms with Gasteiger partial charge in [-0.15, -0.1) is 0 Å². The molecule has 44 heavy (non-hydrogen) atoms. The van der Waals surface area contributed by atoms with E-state index in [4.69, 9.17) is 0 Å². The van der Waals surface area contributed by atoms with Crippen molar-refractivity contribution >= 4 is 0 Å². The molecule has 0 saturated carbocycles. The fraction of sp³-hybridized carbons (Fsp3) is 1.00. The van der Waals surface area contributed by atoms with Crippen molar-refractivity contribution in [2.75, 3.05) is 54.4 Å². The van der Waals surface area contributed by atoms with Gasteiger partial charge in [-0.3, -0.25) is 0 Å². The van der Waals surface area contributed by atoms with Crippen molar-refractivity contribution in [3.63, 3.8) is 0 Å². The van der Waals surface area contributed by atoms with Crippen molar-refractivity contribution in [1.29, 1.82) is 0 Å². The maximum atomic E-state index is 2.47. The number of rotatable bonds is 35. The zero-order valence-electron chi connectivity index (χ0n) is 31.7. The molecular weight excluding hydrogens is 668 g/mol. The summed E-state index contributed by atoms with van der Waals surface area (Å²) in [5.41, 5.74) is 0. The van der Waals surface area contributed by atoms with Crippen molar-refractivity contribution in [3.8, 4) is 0 Å². The summed E-state index contributed by atoms with van der Waals surface area (Å²) in [6.45, 7) is 9.98. The second-order valence-electron chi connectivity index (χ2n) is 15.7. The zero-order chi connectivity index (χ0) is 31.0. The zero-order valence-corrected chi connectivity index (χ0v) is 34.9. The number of likely N-dealkylation sites (N-methyl/N-ethyl adjacent to an activating group) is 2. The molecule has 0 aliphatic rings. The third-order valence-corrected chi connectivity index (χ3v) is 10.0. The Morgan fingerprint density at radius 3 is 0.568 bits per heavy atom. The lowest BCUT2D eigenvalue weighted by molar-refractivity contribution is -0.946. The first-order valence-corrected chi connectivity index (χ1v) is 20.0. The Morgan fingerprint density at radius 1 is 0.227 bits per heavy atom. The fourth-order valence-corrected chi connectivity index (χ4v) is 6.59. The van der Waals surface area contributed by atoms with Crippen LogP contribution < -0.4 is 34.0 Å². The van der Waals surface area contributed by atoms with Crippen molar-refractivity contribution in [2.24, 2.45) is 0 Å². The first-order valence-electron chi connectivity index (χ1n) is 20.0. The van der Waals surface area contributed by atoms with Gasteiger partial charge in [0.05, 0.1) is 41.3 Å². The highest BCUT2D eigenvalue weighted by molar-refractivity contribution is 4.52. The number of hydrogen-bond acceptors (Lipinski definition) is 0. The van der Waals surface area contributed by atoms with Gasteiger partial charge in [0, 0.05) is 0 Å². The molecule has 0 spiro atoms. The molecule has 0 fully saturated rings. The molecule has 270 valence electrons. The van der Waals surface area contributed by atoms with Gasteiger partial charge in [-0.2, -0.15) is 0 Å². The standard InChI is InChI=1S/C40H86N2.2BrH/c1-7-9-11-13-15-17-19-21-23-24-26-28-30-32-34-36-38-42(5,6)40-39-41(3,4)37-35-33-31-29-27-25-22-20-18-16-14-12-10-8-2;;/h7-40H2,1-6H3;2*1H/q+2;;/p-2. The van der Waals surface area contributed by atoms with Crippen LogP contribution in [0.15, 0.2) is 0 Å². The van der Waals surface area contributed by atoms with E-state index in [2.05, 4.69) is 42.0 Å². The van der Waals surface area contributed by atoms with Crippen LogP contribution in [0.25, 0.3) is 0 Å². The normalized spacial score (nSPS) is 11.9. The first kappa shape index (κ1) is 49.3. The van der Waals surface area contributed by atoms with E-state index < -0.39 is 0 Å². The molecule has 0 aromatic carbocycles. The lowest BCUT2D eigenvalue weighted by Crippen LogP contribution is -3.00. The molecule has 0 atom stereocenters. The van der Waals surface area contributed by atoms with Crippen LogP contribution in [0.5, 0.6) is 0 Å². The molecule has 0 aromatic heterocycles. The number of quaternary nitrogens is 2. The third-order valence-electron chi connectivity index (χ3n) is 10.0. The van der Waals surface area contributed by atoms with Gasteiger partial charge in [0.25, 0.3) is 0 Å². The summed E-state index contributed by atoms with van der Waals surface area (Å²) in [7, 11) is 9.88. The largest absolute Gasteiger partial charge is 1.00 e. The summed E-state index contributed by atoms with van der Waals surface area (Å²) in [6.07, 6.45) is 43.7. The molecule has 4 heteroatoms. The minimum atomic E-state index is 0. The van der Waals surface area contributed by atoms with E-state index in [1.54, 1.807) is 0 Å². The topological polar surface area (TPSA) is 0 Å². The van der Waals surface area contributed by atoms with Crippen LogP contribution in [0, 0.1) is 0 Å². The smallest absolute Gasteiger partial charge is 0.128 e. The quantitative estimate of drug-likeness (QED) is 0.0489. The molecule has 2 nitrogen and oxygen atoms in total. The summed E-state index contributed by atoms with van der Waals surface area (Å²) in [4.78, 5) is 0. The maximum absolute atomic E-state index is 2.47. The van der Waals surface area contributed by atoms with E-state index in [0.29, 0.717) is 0 Å². The summed E-state index contributed by atoms with van der Waals surface area (Å²) in [5, 5.41) is 0. The van der Waals surface area contributed by atoms with Gasteiger partial charge in [-0.05, 0) is 25.7 Å². The van der Waals surface area contributed by atoms with Gasteiger partial charge >= 0.3 is 0 Å². The molecule has 0 aliphatic carbocycles. The molecule has 0 radical (unpaired) electrons. The summed E-state index contributed by atoms with van der Waals surface area (Å²) < 4.78 is 2.41. The Labute approximate surface area is 302 Å². The Morgan fingerprint density at radius 2 is 0.386 bits per heavy atom. The van der Waals surface area contributed by atoms with Gasteiger partial charge in [-0.1, -0.05) is 181 Å². The van der Waals surface area contributed by atoms with E-state index >= 15 is 0 Å². The predicted octanol–water partition coefficient (Wildman–Crippen LogP) is 6.89. The van der Waals surface area contributed by atoms with Crippen LogP contribution in [0.2, 0.25) is 0 Å². The number of hydrogen-bond donors (Lipinski definition) is 0. The molecule has 0 N–H and O–H groups in total. The summed E-state index contributed by atoms with van der Waals surface area (Å²) in [6, 6.07) is 0. The van der Waals surface area contributed by atoms with E-state index in [0.717, 1.165) is 0 Å². The third kappa shape index (κ3) is 39.1. The highest BCUT2D eigenvalue weighted by Crippen LogP contribution is 2.16. The second kappa shape index (κ2) is 36.7. The average molecular weight is 755 g/mol. The van der Waals surface area contributed by atoms with Gasteiger partial charge in [0.2, 0.25) is 0 Å². The monoisotopic (exact) mass is 753 g/mol. The Bertz CT molecular complexity index is 524. The average Bonchev–Trinajstić information content (AvgIpc) is 2.96. The Hall–Kier alpha value is 0.880. The van der Waals surface area contributed by atoms with E-state index in [1.807, 2.05) is 0 Å². The van der Waals surface area contributed by atoms with Crippen molar-refractivity contribution < 1.29 is 42.9 Å². The molecule has 0 rings (SSSR count).